The summed E-state index contributed by atoms with van der Waals surface area (Å²) >= 11 is 0. The van der Waals surface area contributed by atoms with Crippen LogP contribution in [0.4, 0.5) is 0 Å². The van der Waals surface area contributed by atoms with Crippen molar-refractivity contribution in [3.8, 4) is 5.75 Å². The van der Waals surface area contributed by atoms with Crippen molar-refractivity contribution in [3.63, 3.8) is 0 Å². The molecule has 1 aromatic carbocycles. The molecule has 1 heterocycles. The zero-order valence-electron chi connectivity index (χ0n) is 18.0. The minimum atomic E-state index is -0.124. The molecule has 4 rings (SSSR count). The molecule has 0 aromatic heterocycles. The molecule has 4 atom stereocenters. The first kappa shape index (κ1) is 23.6. The summed E-state index contributed by atoms with van der Waals surface area (Å²) < 4.78 is 5.26. The van der Waals surface area contributed by atoms with Crippen LogP contribution in [0.15, 0.2) is 41.4 Å². The fourth-order valence-electron chi connectivity index (χ4n) is 5.02. The van der Waals surface area contributed by atoms with Crippen molar-refractivity contribution in [1.29, 1.82) is 0 Å². The number of halogens is 1. The van der Waals surface area contributed by atoms with Gasteiger partial charge >= 0.3 is 0 Å². The normalized spacial score (nSPS) is 26.1. The van der Waals surface area contributed by atoms with Crippen LogP contribution in [0.1, 0.15) is 18.4 Å². The third-order valence-electron chi connectivity index (χ3n) is 6.48. The lowest BCUT2D eigenvalue weighted by Gasteiger charge is -2.18. The summed E-state index contributed by atoms with van der Waals surface area (Å²) in [6.07, 6.45) is 7.10. The van der Waals surface area contributed by atoms with E-state index in [9.17, 15) is 9.59 Å². The van der Waals surface area contributed by atoms with Gasteiger partial charge in [0, 0.05) is 26.7 Å². The monoisotopic (exact) mass is 538 g/mol. The fourth-order valence-corrected chi connectivity index (χ4v) is 5.02. The summed E-state index contributed by atoms with van der Waals surface area (Å²) in [5.74, 6) is 1.83. The van der Waals surface area contributed by atoms with Crippen LogP contribution in [-0.4, -0.2) is 56.5 Å². The van der Waals surface area contributed by atoms with E-state index in [2.05, 4.69) is 33.8 Å². The number of amides is 2. The quantitative estimate of drug-likeness (QED) is 0.133. The summed E-state index contributed by atoms with van der Waals surface area (Å²) in [5.41, 5.74) is 1.24. The molecule has 4 unspecified atom stereocenters. The zero-order valence-corrected chi connectivity index (χ0v) is 20.4. The molecule has 1 saturated heterocycles. The second-order valence-electron chi connectivity index (χ2n) is 8.21. The van der Waals surface area contributed by atoms with Gasteiger partial charge in [-0.25, -0.2) is 0 Å². The molecule has 2 amide bonds. The van der Waals surface area contributed by atoms with Crippen LogP contribution >= 0.6 is 24.0 Å². The lowest BCUT2D eigenvalue weighted by Crippen LogP contribution is -2.44. The number of imide groups is 1. The van der Waals surface area contributed by atoms with Gasteiger partial charge in [-0.3, -0.25) is 19.5 Å². The summed E-state index contributed by atoms with van der Waals surface area (Å²) in [7, 11) is 3.39. The average Bonchev–Trinajstić information content (AvgIpc) is 3.45. The van der Waals surface area contributed by atoms with Gasteiger partial charge in [-0.2, -0.15) is 0 Å². The summed E-state index contributed by atoms with van der Waals surface area (Å²) in [4.78, 5) is 31.1. The molecule has 1 aromatic rings. The molecule has 168 valence electrons. The molecule has 31 heavy (non-hydrogen) atoms. The number of carbonyl (C=O) groups excluding carboxylic acids is 2. The minimum Gasteiger partial charge on any atom is -0.497 e. The SMILES string of the molecule is CN=C(NCCCc1cccc(OC)c1)NCCN1C(=O)C2C3C=CC(C3)C2C1=O.I. The Balaban J connectivity index is 0.00000272. The fraction of sp³-hybridized carbons (Fsp3) is 0.522. The smallest absolute Gasteiger partial charge is 0.233 e. The van der Waals surface area contributed by atoms with E-state index in [1.54, 1.807) is 14.2 Å². The van der Waals surface area contributed by atoms with E-state index in [1.165, 1.54) is 10.5 Å². The minimum absolute atomic E-state index is 0. The number of allylic oxidation sites excluding steroid dienone is 2. The highest BCUT2D eigenvalue weighted by atomic mass is 127. The number of aryl methyl sites for hydroxylation is 1. The van der Waals surface area contributed by atoms with Crippen molar-refractivity contribution in [3.05, 3.63) is 42.0 Å². The molecule has 2 bridgehead atoms. The Morgan fingerprint density at radius 1 is 1.13 bits per heavy atom. The van der Waals surface area contributed by atoms with Crippen LogP contribution in [0.5, 0.6) is 5.75 Å². The second-order valence-corrected chi connectivity index (χ2v) is 8.21. The number of ether oxygens (including phenoxy) is 1. The molecule has 1 aliphatic heterocycles. The summed E-state index contributed by atoms with van der Waals surface area (Å²) in [6, 6.07) is 8.08. The van der Waals surface area contributed by atoms with Gasteiger partial charge in [-0.15, -0.1) is 24.0 Å². The van der Waals surface area contributed by atoms with E-state index in [4.69, 9.17) is 4.74 Å². The predicted molar refractivity (Wildman–Crippen MR) is 131 cm³/mol. The molecule has 2 fully saturated rings. The van der Waals surface area contributed by atoms with Gasteiger partial charge in [0.1, 0.15) is 5.75 Å². The number of likely N-dealkylation sites (tertiary alicyclic amines) is 1. The number of methoxy groups -OCH3 is 1. The van der Waals surface area contributed by atoms with Gasteiger partial charge in [-0.05, 0) is 48.8 Å². The Labute approximate surface area is 200 Å². The van der Waals surface area contributed by atoms with Gasteiger partial charge in [-0.1, -0.05) is 24.3 Å². The molecule has 7 nitrogen and oxygen atoms in total. The topological polar surface area (TPSA) is 83.0 Å². The first-order valence-corrected chi connectivity index (χ1v) is 10.7. The number of guanidine groups is 1. The van der Waals surface area contributed by atoms with E-state index in [0.717, 1.165) is 31.6 Å². The number of rotatable bonds is 8. The van der Waals surface area contributed by atoms with Crippen LogP contribution in [0, 0.1) is 23.7 Å². The summed E-state index contributed by atoms with van der Waals surface area (Å²) in [5, 5.41) is 6.50. The van der Waals surface area contributed by atoms with Crippen molar-refractivity contribution in [2.24, 2.45) is 28.7 Å². The zero-order chi connectivity index (χ0) is 21.1. The first-order chi connectivity index (χ1) is 14.6. The standard InChI is InChI=1S/C23H30N4O3.HI/c1-24-23(25-10-4-6-15-5-3-7-18(13-15)30-2)26-11-12-27-21(28)19-16-8-9-17(14-16)20(19)22(27)29;/h3,5,7-9,13,16-17,19-20H,4,6,10-12,14H2,1-2H3,(H2,24,25,26);1H. The highest BCUT2D eigenvalue weighted by Crippen LogP contribution is 2.52. The third-order valence-corrected chi connectivity index (χ3v) is 6.48. The van der Waals surface area contributed by atoms with E-state index >= 15 is 0 Å². The number of carbonyl (C=O) groups is 2. The van der Waals surface area contributed by atoms with Crippen LogP contribution in [0.3, 0.4) is 0 Å². The largest absolute Gasteiger partial charge is 0.497 e. The Morgan fingerprint density at radius 3 is 2.45 bits per heavy atom. The Kier molecular flexibility index (Phi) is 7.96. The second kappa shape index (κ2) is 10.5. The molecule has 1 saturated carbocycles. The van der Waals surface area contributed by atoms with E-state index in [0.29, 0.717) is 19.0 Å². The van der Waals surface area contributed by atoms with Gasteiger partial charge < -0.3 is 15.4 Å². The van der Waals surface area contributed by atoms with Crippen LogP contribution in [0.2, 0.25) is 0 Å². The van der Waals surface area contributed by atoms with Crippen molar-refractivity contribution >= 4 is 41.8 Å². The Bertz CT molecular complexity index is 842. The number of nitrogens with one attached hydrogen (secondary N) is 2. The number of aliphatic imine (C=N–C) groups is 1. The highest BCUT2D eigenvalue weighted by Gasteiger charge is 2.58. The molecular weight excluding hydrogens is 507 g/mol. The molecule has 2 aliphatic carbocycles. The predicted octanol–water partition coefficient (Wildman–Crippen LogP) is 2.22. The van der Waals surface area contributed by atoms with Crippen molar-refractivity contribution < 1.29 is 14.3 Å². The van der Waals surface area contributed by atoms with Crippen molar-refractivity contribution in [2.75, 3.05) is 33.8 Å². The van der Waals surface area contributed by atoms with Gasteiger partial charge in [0.2, 0.25) is 11.8 Å². The number of hydrogen-bond acceptors (Lipinski definition) is 4. The molecule has 0 radical (unpaired) electrons. The van der Waals surface area contributed by atoms with Gasteiger partial charge in [0.15, 0.2) is 5.96 Å². The molecule has 3 aliphatic rings. The average molecular weight is 538 g/mol. The number of benzene rings is 1. The maximum atomic E-state index is 12.7. The lowest BCUT2D eigenvalue weighted by atomic mass is 9.85. The van der Waals surface area contributed by atoms with E-state index in [-0.39, 0.29) is 59.5 Å². The first-order valence-electron chi connectivity index (χ1n) is 10.7. The lowest BCUT2D eigenvalue weighted by molar-refractivity contribution is -0.140. The van der Waals surface area contributed by atoms with Crippen LogP contribution in [0.25, 0.3) is 0 Å². The third kappa shape index (κ3) is 4.88. The maximum absolute atomic E-state index is 12.7. The van der Waals surface area contributed by atoms with Gasteiger partial charge in [0.05, 0.1) is 18.9 Å². The Morgan fingerprint density at radius 2 is 1.81 bits per heavy atom. The van der Waals surface area contributed by atoms with Gasteiger partial charge in [0.25, 0.3) is 0 Å². The van der Waals surface area contributed by atoms with Crippen LogP contribution < -0.4 is 15.4 Å². The number of fused-ring (bicyclic) bond motifs is 5. The molecule has 2 N–H and O–H groups in total. The maximum Gasteiger partial charge on any atom is 0.233 e. The highest BCUT2D eigenvalue weighted by molar-refractivity contribution is 14.0. The van der Waals surface area contributed by atoms with Crippen molar-refractivity contribution in [2.45, 2.75) is 19.3 Å². The van der Waals surface area contributed by atoms with E-state index < -0.39 is 0 Å². The number of nitrogens with zero attached hydrogens (tertiary/aromatic N) is 2. The molecular formula is C23H31IN4O3. The summed E-state index contributed by atoms with van der Waals surface area (Å²) in [6.45, 7) is 1.65. The van der Waals surface area contributed by atoms with Crippen molar-refractivity contribution in [1.82, 2.24) is 15.5 Å². The molecule has 8 heteroatoms. The Hall–Kier alpha value is -2.10. The van der Waals surface area contributed by atoms with Crippen LogP contribution in [-0.2, 0) is 16.0 Å². The number of hydrogen-bond donors (Lipinski definition) is 2. The molecule has 0 spiro atoms. The van der Waals surface area contributed by atoms with E-state index in [1.807, 2.05) is 18.2 Å².